The van der Waals surface area contributed by atoms with Crippen molar-refractivity contribution in [2.45, 2.75) is 25.7 Å². The molecule has 1 aromatic rings. The molecule has 17 heavy (non-hydrogen) atoms. The van der Waals surface area contributed by atoms with Gasteiger partial charge in [0.15, 0.2) is 0 Å². The summed E-state index contributed by atoms with van der Waals surface area (Å²) in [6.07, 6.45) is 4.45. The number of aliphatic carboxylic acids is 1. The molecule has 0 aromatic carbocycles. The molecule has 7 heteroatoms. The maximum absolute atomic E-state index is 11.7. The van der Waals surface area contributed by atoms with Gasteiger partial charge in [-0.2, -0.15) is 0 Å². The van der Waals surface area contributed by atoms with Crippen molar-refractivity contribution in [3.8, 4) is 0 Å². The largest absolute Gasteiger partial charge is 0.481 e. The van der Waals surface area contributed by atoms with Gasteiger partial charge in [0, 0.05) is 6.54 Å². The lowest BCUT2D eigenvalue weighted by Gasteiger charge is -2.23. The first-order valence-corrected chi connectivity index (χ1v) is 6.20. The van der Waals surface area contributed by atoms with Crippen LogP contribution in [0.5, 0.6) is 0 Å². The molecule has 2 rings (SSSR count). The smallest absolute Gasteiger partial charge is 0.311 e. The Morgan fingerprint density at radius 1 is 1.47 bits per heavy atom. The average Bonchev–Trinajstić information content (AvgIpc) is 2.97. The molecule has 1 saturated carbocycles. The van der Waals surface area contributed by atoms with E-state index in [-0.39, 0.29) is 12.5 Å². The molecule has 2 N–H and O–H groups in total. The van der Waals surface area contributed by atoms with Crippen molar-refractivity contribution in [1.82, 2.24) is 14.9 Å². The molecule has 6 nitrogen and oxygen atoms in total. The first-order chi connectivity index (χ1) is 8.14. The molecule has 1 aromatic heterocycles. The fraction of sp³-hybridized carbons (Fsp3) is 0.600. The SMILES string of the molecule is O=C(NCC1(C(=O)O)CCCC1)c1cnns1. The van der Waals surface area contributed by atoms with Gasteiger partial charge in [0.25, 0.3) is 5.91 Å². The molecule has 0 unspecified atom stereocenters. The summed E-state index contributed by atoms with van der Waals surface area (Å²) in [6.45, 7) is 0.180. The molecule has 0 bridgehead atoms. The van der Waals surface area contributed by atoms with E-state index >= 15 is 0 Å². The van der Waals surface area contributed by atoms with Crippen LogP contribution in [0.1, 0.15) is 35.4 Å². The third-order valence-corrected chi connectivity index (χ3v) is 3.85. The standard InChI is InChI=1S/C10H13N3O3S/c14-8(7-5-12-13-17-7)11-6-10(9(15)16)3-1-2-4-10/h5H,1-4,6H2,(H,11,14)(H,15,16). The Morgan fingerprint density at radius 3 is 2.71 bits per heavy atom. The maximum atomic E-state index is 11.7. The van der Waals surface area contributed by atoms with E-state index in [1.54, 1.807) is 0 Å². The highest BCUT2D eigenvalue weighted by molar-refractivity contribution is 7.07. The molecule has 92 valence electrons. The fourth-order valence-corrected chi connectivity index (χ4v) is 2.55. The number of carboxylic acid groups (broad SMARTS) is 1. The van der Waals surface area contributed by atoms with Crippen LogP contribution in [0.3, 0.4) is 0 Å². The summed E-state index contributed by atoms with van der Waals surface area (Å²) in [5.74, 6) is -1.12. The number of carboxylic acids is 1. The molecule has 0 spiro atoms. The second-order valence-electron chi connectivity index (χ2n) is 4.26. The van der Waals surface area contributed by atoms with Gasteiger partial charge in [-0.1, -0.05) is 17.3 Å². The van der Waals surface area contributed by atoms with Crippen molar-refractivity contribution in [3.05, 3.63) is 11.1 Å². The van der Waals surface area contributed by atoms with Crippen molar-refractivity contribution in [1.29, 1.82) is 0 Å². The number of hydrogen-bond acceptors (Lipinski definition) is 5. The molecule has 1 heterocycles. The van der Waals surface area contributed by atoms with E-state index in [4.69, 9.17) is 0 Å². The topological polar surface area (TPSA) is 92.2 Å². The van der Waals surface area contributed by atoms with Crippen LogP contribution in [0, 0.1) is 5.41 Å². The van der Waals surface area contributed by atoms with E-state index in [2.05, 4.69) is 14.9 Å². The lowest BCUT2D eigenvalue weighted by atomic mass is 9.86. The minimum atomic E-state index is -0.822. The van der Waals surface area contributed by atoms with Crippen molar-refractivity contribution < 1.29 is 14.7 Å². The van der Waals surface area contributed by atoms with E-state index < -0.39 is 11.4 Å². The summed E-state index contributed by atoms with van der Waals surface area (Å²) in [5, 5.41) is 15.5. The Labute approximate surface area is 102 Å². The van der Waals surface area contributed by atoms with E-state index in [0.29, 0.717) is 17.7 Å². The zero-order valence-electron chi connectivity index (χ0n) is 9.18. The quantitative estimate of drug-likeness (QED) is 0.834. The summed E-state index contributed by atoms with van der Waals surface area (Å²) >= 11 is 1.00. The molecular formula is C10H13N3O3S. The predicted octanol–water partition coefficient (Wildman–Crippen LogP) is 0.913. The number of nitrogens with one attached hydrogen (secondary N) is 1. The third-order valence-electron chi connectivity index (χ3n) is 3.19. The Morgan fingerprint density at radius 2 is 2.18 bits per heavy atom. The Balaban J connectivity index is 1.97. The van der Waals surface area contributed by atoms with Crippen LogP contribution in [0.2, 0.25) is 0 Å². The Hall–Kier alpha value is -1.50. The summed E-state index contributed by atoms with van der Waals surface area (Å²) in [7, 11) is 0. The van der Waals surface area contributed by atoms with Gasteiger partial charge >= 0.3 is 5.97 Å². The minimum Gasteiger partial charge on any atom is -0.481 e. The number of aromatic nitrogens is 2. The predicted molar refractivity (Wildman–Crippen MR) is 60.8 cm³/mol. The number of carbonyl (C=O) groups excluding carboxylic acids is 1. The van der Waals surface area contributed by atoms with Gasteiger partial charge in [-0.05, 0) is 24.4 Å². The molecule has 0 aliphatic heterocycles. The summed E-state index contributed by atoms with van der Waals surface area (Å²) in [5.41, 5.74) is -0.784. The van der Waals surface area contributed by atoms with Gasteiger partial charge in [0.2, 0.25) is 0 Å². The molecule has 1 amide bonds. The zero-order chi connectivity index (χ0) is 12.3. The highest BCUT2D eigenvalue weighted by Gasteiger charge is 2.41. The monoisotopic (exact) mass is 255 g/mol. The van der Waals surface area contributed by atoms with Gasteiger partial charge in [-0.25, -0.2) is 0 Å². The number of hydrogen-bond donors (Lipinski definition) is 2. The zero-order valence-corrected chi connectivity index (χ0v) is 10.00. The minimum absolute atomic E-state index is 0.180. The van der Waals surface area contributed by atoms with Crippen LogP contribution >= 0.6 is 11.5 Å². The number of amides is 1. The lowest BCUT2D eigenvalue weighted by molar-refractivity contribution is -0.148. The van der Waals surface area contributed by atoms with Crippen LogP contribution < -0.4 is 5.32 Å². The van der Waals surface area contributed by atoms with Gasteiger partial charge < -0.3 is 10.4 Å². The van der Waals surface area contributed by atoms with Crippen molar-refractivity contribution in [2.75, 3.05) is 6.54 Å². The number of nitrogens with zero attached hydrogens (tertiary/aromatic N) is 2. The molecule has 0 atom stereocenters. The molecule has 1 fully saturated rings. The fourth-order valence-electron chi connectivity index (χ4n) is 2.12. The third kappa shape index (κ3) is 2.44. The van der Waals surface area contributed by atoms with Crippen molar-refractivity contribution in [2.24, 2.45) is 5.41 Å². The van der Waals surface area contributed by atoms with Crippen LogP contribution in [-0.2, 0) is 4.79 Å². The van der Waals surface area contributed by atoms with Crippen LogP contribution in [0.25, 0.3) is 0 Å². The molecule has 1 aliphatic rings. The van der Waals surface area contributed by atoms with E-state index in [1.165, 1.54) is 6.20 Å². The first-order valence-electron chi connectivity index (χ1n) is 5.43. The van der Waals surface area contributed by atoms with Crippen LogP contribution in [0.4, 0.5) is 0 Å². The Bertz CT molecular complexity index is 412. The highest BCUT2D eigenvalue weighted by atomic mass is 32.1. The van der Waals surface area contributed by atoms with E-state index in [9.17, 15) is 14.7 Å². The number of carbonyl (C=O) groups is 2. The van der Waals surface area contributed by atoms with Gasteiger partial charge in [0.1, 0.15) is 4.88 Å². The second kappa shape index (κ2) is 4.79. The maximum Gasteiger partial charge on any atom is 0.311 e. The van der Waals surface area contributed by atoms with Gasteiger partial charge in [0.05, 0.1) is 11.6 Å². The van der Waals surface area contributed by atoms with Crippen molar-refractivity contribution in [3.63, 3.8) is 0 Å². The second-order valence-corrected chi connectivity index (χ2v) is 5.04. The summed E-state index contributed by atoms with van der Waals surface area (Å²) < 4.78 is 3.59. The van der Waals surface area contributed by atoms with E-state index in [1.807, 2.05) is 0 Å². The lowest BCUT2D eigenvalue weighted by Crippen LogP contribution is -2.41. The van der Waals surface area contributed by atoms with Gasteiger partial charge in [-0.3, -0.25) is 9.59 Å². The molecular weight excluding hydrogens is 242 g/mol. The Kier molecular flexibility index (Phi) is 3.37. The van der Waals surface area contributed by atoms with E-state index in [0.717, 1.165) is 24.4 Å². The average molecular weight is 255 g/mol. The summed E-state index contributed by atoms with van der Waals surface area (Å²) in [6, 6.07) is 0. The molecule has 0 saturated heterocycles. The molecule has 1 aliphatic carbocycles. The van der Waals surface area contributed by atoms with Gasteiger partial charge in [-0.15, -0.1) is 5.10 Å². The van der Waals surface area contributed by atoms with Crippen LogP contribution in [-0.4, -0.2) is 33.1 Å². The molecule has 0 radical (unpaired) electrons. The summed E-state index contributed by atoms with van der Waals surface area (Å²) in [4.78, 5) is 23.3. The van der Waals surface area contributed by atoms with Crippen molar-refractivity contribution >= 4 is 23.4 Å². The number of rotatable bonds is 4. The normalized spacial score (nSPS) is 17.9. The highest BCUT2D eigenvalue weighted by Crippen LogP contribution is 2.37. The van der Waals surface area contributed by atoms with Crippen LogP contribution in [0.15, 0.2) is 6.20 Å². The first kappa shape index (κ1) is 12.0.